The van der Waals surface area contributed by atoms with E-state index in [1.165, 1.54) is 60.7 Å². The van der Waals surface area contributed by atoms with E-state index in [1.54, 1.807) is 36.4 Å². The van der Waals surface area contributed by atoms with Crippen molar-refractivity contribution in [2.24, 2.45) is 0 Å². The van der Waals surface area contributed by atoms with Crippen LogP contribution in [0.5, 0.6) is 0 Å². The molecule has 202 valence electrons. The fourth-order valence-corrected chi connectivity index (χ4v) is 7.96. The third kappa shape index (κ3) is 5.14. The topological polar surface area (TPSA) is 114 Å². The van der Waals surface area contributed by atoms with Gasteiger partial charge in [-0.25, -0.2) is 26.2 Å². The predicted octanol–water partition coefficient (Wildman–Crippen LogP) is 5.86. The van der Waals surface area contributed by atoms with Gasteiger partial charge in [0.1, 0.15) is 22.4 Å². The number of fused-ring (bicyclic) bond motifs is 1. The molecule has 1 amide bonds. The van der Waals surface area contributed by atoms with Crippen LogP contribution in [0.2, 0.25) is 5.15 Å². The molecule has 0 saturated carbocycles. The molecule has 12 heteroatoms. The molecule has 8 nitrogen and oxygen atoms in total. The summed E-state index contributed by atoms with van der Waals surface area (Å²) in [5, 5.41) is 3.90. The molecular formula is C28H19ClFN3O5S2. The molecule has 5 rings (SSSR count). The van der Waals surface area contributed by atoms with Crippen molar-refractivity contribution in [3.05, 3.63) is 126 Å². The average Bonchev–Trinajstić information content (AvgIpc) is 2.95. The van der Waals surface area contributed by atoms with Gasteiger partial charge in [-0.15, -0.1) is 0 Å². The van der Waals surface area contributed by atoms with Crippen molar-refractivity contribution in [1.82, 2.24) is 4.98 Å². The molecule has 1 N–H and O–H groups in total. The van der Waals surface area contributed by atoms with Crippen molar-refractivity contribution in [3.63, 3.8) is 0 Å². The number of sulfonamides is 2. The quantitative estimate of drug-likeness (QED) is 0.236. The first-order valence-corrected chi connectivity index (χ1v) is 14.9. The second-order valence-electron chi connectivity index (χ2n) is 8.47. The van der Waals surface area contributed by atoms with Gasteiger partial charge in [0.25, 0.3) is 26.0 Å². The minimum atomic E-state index is -4.85. The van der Waals surface area contributed by atoms with Crippen LogP contribution in [0.3, 0.4) is 0 Å². The van der Waals surface area contributed by atoms with Crippen molar-refractivity contribution in [2.45, 2.75) is 9.79 Å². The zero-order valence-electron chi connectivity index (χ0n) is 20.4. The molecule has 1 aromatic heterocycles. The number of nitrogens with one attached hydrogen (secondary N) is 1. The smallest absolute Gasteiger partial charge is 0.277 e. The maximum absolute atomic E-state index is 15.3. The number of pyridine rings is 1. The molecule has 0 aliphatic rings. The maximum atomic E-state index is 15.3. The Bertz CT molecular complexity index is 1890. The fraction of sp³-hybridized carbons (Fsp3) is 0. The minimum absolute atomic E-state index is 0.0286. The summed E-state index contributed by atoms with van der Waals surface area (Å²) < 4.78 is 70.1. The lowest BCUT2D eigenvalue weighted by molar-refractivity contribution is 0.102. The Morgan fingerprint density at radius 3 is 1.90 bits per heavy atom. The molecule has 5 aromatic rings. The largest absolute Gasteiger partial charge is 0.321 e. The number of rotatable bonds is 7. The lowest BCUT2D eigenvalue weighted by Gasteiger charge is -2.25. The van der Waals surface area contributed by atoms with Gasteiger partial charge in [-0.1, -0.05) is 72.3 Å². The fourth-order valence-electron chi connectivity index (χ4n) is 3.96. The van der Waals surface area contributed by atoms with E-state index in [9.17, 15) is 21.6 Å². The maximum Gasteiger partial charge on any atom is 0.277 e. The van der Waals surface area contributed by atoms with Gasteiger partial charge < -0.3 is 5.32 Å². The van der Waals surface area contributed by atoms with Crippen molar-refractivity contribution >= 4 is 59.7 Å². The number of carbonyl (C=O) groups is 1. The molecule has 0 aliphatic carbocycles. The normalized spacial score (nSPS) is 11.8. The van der Waals surface area contributed by atoms with E-state index in [1.807, 2.05) is 0 Å². The molecule has 0 atom stereocenters. The monoisotopic (exact) mass is 595 g/mol. The van der Waals surface area contributed by atoms with Crippen molar-refractivity contribution in [1.29, 1.82) is 0 Å². The highest BCUT2D eigenvalue weighted by Crippen LogP contribution is 2.34. The lowest BCUT2D eigenvalue weighted by Crippen LogP contribution is -2.37. The van der Waals surface area contributed by atoms with E-state index in [2.05, 4.69) is 10.3 Å². The Kier molecular flexibility index (Phi) is 7.28. The average molecular weight is 596 g/mol. The third-order valence-corrected chi connectivity index (χ3v) is 10.3. The number of amides is 1. The van der Waals surface area contributed by atoms with E-state index in [0.717, 1.165) is 12.1 Å². The number of aromatic nitrogens is 1. The van der Waals surface area contributed by atoms with Crippen LogP contribution in [0.15, 0.2) is 119 Å². The lowest BCUT2D eigenvalue weighted by atomic mass is 10.1. The van der Waals surface area contributed by atoms with E-state index < -0.39 is 37.5 Å². The van der Waals surface area contributed by atoms with Crippen LogP contribution in [-0.2, 0) is 20.0 Å². The van der Waals surface area contributed by atoms with Gasteiger partial charge in [-0.05, 0) is 53.9 Å². The van der Waals surface area contributed by atoms with Crippen molar-refractivity contribution < 1.29 is 26.0 Å². The zero-order chi connectivity index (χ0) is 28.5. The van der Waals surface area contributed by atoms with Gasteiger partial charge in [0.2, 0.25) is 0 Å². The molecule has 1 heterocycles. The van der Waals surface area contributed by atoms with E-state index >= 15 is 4.39 Å². The molecular weight excluding hydrogens is 577 g/mol. The first kappa shape index (κ1) is 27.3. The van der Waals surface area contributed by atoms with Gasteiger partial charge in [0.05, 0.1) is 9.79 Å². The molecule has 0 bridgehead atoms. The second-order valence-corrected chi connectivity index (χ2v) is 12.6. The summed E-state index contributed by atoms with van der Waals surface area (Å²) in [7, 11) is -9.69. The molecule has 0 spiro atoms. The zero-order valence-corrected chi connectivity index (χ0v) is 22.8. The molecule has 0 unspecified atom stereocenters. The minimum Gasteiger partial charge on any atom is -0.321 e. The van der Waals surface area contributed by atoms with Crippen molar-refractivity contribution in [3.8, 4) is 0 Å². The highest BCUT2D eigenvalue weighted by molar-refractivity contribution is 8.10. The van der Waals surface area contributed by atoms with Gasteiger partial charge in [0, 0.05) is 11.1 Å². The Balaban J connectivity index is 1.61. The number of hydrogen-bond acceptors (Lipinski definition) is 6. The first-order chi connectivity index (χ1) is 19.1. The Labute approximate surface area is 234 Å². The number of nitrogens with zero attached hydrogens (tertiary/aromatic N) is 2. The summed E-state index contributed by atoms with van der Waals surface area (Å²) in [4.78, 5) is 16.4. The van der Waals surface area contributed by atoms with Gasteiger partial charge >= 0.3 is 0 Å². The van der Waals surface area contributed by atoms with Crippen LogP contribution in [0.4, 0.5) is 15.8 Å². The molecule has 0 aliphatic heterocycles. The Hall–Kier alpha value is -4.32. The second kappa shape index (κ2) is 10.7. The molecule has 4 aromatic carbocycles. The summed E-state index contributed by atoms with van der Waals surface area (Å²) in [6.07, 6.45) is 0. The molecule has 40 heavy (non-hydrogen) atoms. The highest BCUT2D eigenvalue weighted by Gasteiger charge is 2.38. The molecule has 0 radical (unpaired) electrons. The van der Waals surface area contributed by atoms with Gasteiger partial charge in [-0.2, -0.15) is 3.71 Å². The van der Waals surface area contributed by atoms with Crippen LogP contribution in [0.25, 0.3) is 10.8 Å². The Morgan fingerprint density at radius 2 is 1.30 bits per heavy atom. The number of hydrogen-bond donors (Lipinski definition) is 1. The van der Waals surface area contributed by atoms with Crippen LogP contribution < -0.4 is 9.03 Å². The third-order valence-electron chi connectivity index (χ3n) is 5.85. The van der Waals surface area contributed by atoms with Crippen LogP contribution >= 0.6 is 11.6 Å². The number of carbonyl (C=O) groups excluding carboxylic acids is 1. The Morgan fingerprint density at radius 1 is 0.750 bits per heavy atom. The SMILES string of the molecule is O=C(Nc1ccc(F)c(N(S(=O)(=O)c2ccccc2)S(=O)(=O)c2ccccc2)c1)c1cc2ccccc2c(Cl)n1. The van der Waals surface area contributed by atoms with Gasteiger partial charge in [-0.3, -0.25) is 4.79 Å². The van der Waals surface area contributed by atoms with E-state index in [0.29, 0.717) is 10.8 Å². The summed E-state index contributed by atoms with van der Waals surface area (Å²) in [6, 6.07) is 25.0. The van der Waals surface area contributed by atoms with Crippen molar-refractivity contribution in [2.75, 3.05) is 9.03 Å². The van der Waals surface area contributed by atoms with Crippen LogP contribution in [-0.4, -0.2) is 27.7 Å². The number of halogens is 2. The molecule has 0 saturated heterocycles. The first-order valence-electron chi connectivity index (χ1n) is 11.7. The van der Waals surface area contributed by atoms with E-state index in [4.69, 9.17) is 11.6 Å². The number of benzene rings is 4. The van der Waals surface area contributed by atoms with Gasteiger partial charge in [0.15, 0.2) is 0 Å². The highest BCUT2D eigenvalue weighted by atomic mass is 35.5. The summed E-state index contributed by atoms with van der Waals surface area (Å²) in [5.41, 5.74) is -0.945. The van der Waals surface area contributed by atoms with E-state index in [-0.39, 0.29) is 30.0 Å². The molecule has 0 fully saturated rings. The summed E-state index contributed by atoms with van der Waals surface area (Å²) >= 11 is 6.23. The standard InChI is InChI=1S/C28H19ClFN3O5S2/c29-27-23-14-8-7-9-19(23)17-25(32-27)28(34)31-20-15-16-24(30)26(18-20)33(39(35,36)21-10-3-1-4-11-21)40(37,38)22-12-5-2-6-13-22/h1-18H,(H,31,34). The summed E-state index contributed by atoms with van der Waals surface area (Å²) in [6.45, 7) is 0. The number of anilines is 2. The summed E-state index contributed by atoms with van der Waals surface area (Å²) in [5.74, 6) is -1.88. The van der Waals surface area contributed by atoms with Crippen LogP contribution in [0, 0.1) is 5.82 Å². The van der Waals surface area contributed by atoms with Crippen LogP contribution in [0.1, 0.15) is 10.5 Å². The predicted molar refractivity (Wildman–Crippen MR) is 151 cm³/mol.